The van der Waals surface area contributed by atoms with E-state index in [0.29, 0.717) is 17.5 Å². The quantitative estimate of drug-likeness (QED) is 0.180. The van der Waals surface area contributed by atoms with Gasteiger partial charge in [-0.3, -0.25) is 0 Å². The SMILES string of the molecule is c1ccc(-c2nc(-c3cccc4oc5ccccc5c34)nc(-c3cc4ccc5ccccc5c4c4oc5cc6ccccc6cc5c34)n2)cc1. The van der Waals surface area contributed by atoms with Crippen molar-refractivity contribution >= 4 is 76.2 Å². The second-order valence-electron chi connectivity index (χ2n) is 12.8. The van der Waals surface area contributed by atoms with Crippen molar-refractivity contribution in [3.8, 4) is 34.2 Å². The fraction of sp³-hybridized carbons (Fsp3) is 0. The summed E-state index contributed by atoms with van der Waals surface area (Å²) in [5, 5.41) is 10.7. The Morgan fingerprint density at radius 3 is 1.86 bits per heavy atom. The molecule has 5 heteroatoms. The van der Waals surface area contributed by atoms with Gasteiger partial charge in [0.1, 0.15) is 22.3 Å². The molecular weight excluding hydrogens is 615 g/mol. The van der Waals surface area contributed by atoms with Crippen molar-refractivity contribution in [2.24, 2.45) is 0 Å². The van der Waals surface area contributed by atoms with E-state index >= 15 is 0 Å². The molecule has 0 atom stereocenters. The standard InChI is InChI=1S/C45H25N3O2/c1-2-12-27(13-3-1)43-46-44(33-18-10-20-37-40(33)32-17-8-9-19-36(32)49-37)48-45(47-43)35-24-30-22-21-26-11-6-7-16-31(26)39(30)42-41(35)34-23-28-14-4-5-15-29(28)25-38(34)50-42/h1-25H. The van der Waals surface area contributed by atoms with Gasteiger partial charge in [0.15, 0.2) is 17.5 Å². The normalized spacial score (nSPS) is 12.0. The molecule has 0 saturated heterocycles. The molecule has 0 radical (unpaired) electrons. The second kappa shape index (κ2) is 10.3. The van der Waals surface area contributed by atoms with Crippen LogP contribution in [0.25, 0.3) is 110 Å². The Kier molecular flexibility index (Phi) is 5.60. The minimum Gasteiger partial charge on any atom is -0.456 e. The van der Waals surface area contributed by atoms with E-state index in [-0.39, 0.29) is 0 Å². The molecule has 0 aliphatic heterocycles. The molecule has 11 rings (SSSR count). The third-order valence-corrected chi connectivity index (χ3v) is 9.87. The minimum absolute atomic E-state index is 0.578. The molecule has 0 spiro atoms. The lowest BCUT2D eigenvalue weighted by molar-refractivity contribution is 0.669. The topological polar surface area (TPSA) is 65.0 Å². The molecule has 0 amide bonds. The monoisotopic (exact) mass is 639 g/mol. The molecule has 0 bridgehead atoms. The first-order valence-electron chi connectivity index (χ1n) is 16.7. The first kappa shape index (κ1) is 27.1. The summed E-state index contributed by atoms with van der Waals surface area (Å²) in [5.41, 5.74) is 5.96. The van der Waals surface area contributed by atoms with Crippen LogP contribution in [-0.4, -0.2) is 15.0 Å². The number of furan rings is 2. The zero-order chi connectivity index (χ0) is 32.8. The Morgan fingerprint density at radius 2 is 1.00 bits per heavy atom. The van der Waals surface area contributed by atoms with Gasteiger partial charge in [-0.25, -0.2) is 15.0 Å². The Hall–Kier alpha value is -6.85. The van der Waals surface area contributed by atoms with Crippen LogP contribution in [-0.2, 0) is 0 Å². The number of benzene rings is 8. The van der Waals surface area contributed by atoms with Crippen molar-refractivity contribution in [2.45, 2.75) is 0 Å². The average molecular weight is 640 g/mol. The Balaban J connectivity index is 1.29. The maximum Gasteiger partial charge on any atom is 0.164 e. The summed E-state index contributed by atoms with van der Waals surface area (Å²) in [6.45, 7) is 0. The largest absolute Gasteiger partial charge is 0.456 e. The van der Waals surface area contributed by atoms with E-state index in [0.717, 1.165) is 92.9 Å². The van der Waals surface area contributed by atoms with Gasteiger partial charge >= 0.3 is 0 Å². The minimum atomic E-state index is 0.578. The number of nitrogens with zero attached hydrogens (tertiary/aromatic N) is 3. The molecule has 11 aromatic rings. The van der Waals surface area contributed by atoms with Crippen molar-refractivity contribution in [3.63, 3.8) is 0 Å². The number of fused-ring (bicyclic) bond motifs is 11. The summed E-state index contributed by atoms with van der Waals surface area (Å²) in [6, 6.07) is 52.1. The molecule has 3 aromatic heterocycles. The molecule has 0 fully saturated rings. The van der Waals surface area contributed by atoms with Crippen molar-refractivity contribution in [1.29, 1.82) is 0 Å². The van der Waals surface area contributed by atoms with Gasteiger partial charge < -0.3 is 8.83 Å². The summed E-state index contributed by atoms with van der Waals surface area (Å²) in [7, 11) is 0. The van der Waals surface area contributed by atoms with E-state index in [1.807, 2.05) is 60.7 Å². The summed E-state index contributed by atoms with van der Waals surface area (Å²) >= 11 is 0. The van der Waals surface area contributed by atoms with Crippen molar-refractivity contribution in [1.82, 2.24) is 15.0 Å². The maximum atomic E-state index is 6.89. The molecule has 8 aromatic carbocycles. The lowest BCUT2D eigenvalue weighted by Gasteiger charge is -2.12. The molecule has 5 nitrogen and oxygen atoms in total. The molecule has 0 saturated carbocycles. The number of aromatic nitrogens is 3. The van der Waals surface area contributed by atoms with E-state index in [2.05, 4.69) is 91.0 Å². The van der Waals surface area contributed by atoms with Gasteiger partial charge in [-0.1, -0.05) is 121 Å². The van der Waals surface area contributed by atoms with Crippen LogP contribution >= 0.6 is 0 Å². The maximum absolute atomic E-state index is 6.89. The van der Waals surface area contributed by atoms with Crippen molar-refractivity contribution < 1.29 is 8.83 Å². The predicted molar refractivity (Wildman–Crippen MR) is 203 cm³/mol. The van der Waals surface area contributed by atoms with Crippen LogP contribution in [0.2, 0.25) is 0 Å². The third-order valence-electron chi connectivity index (χ3n) is 9.87. The molecule has 50 heavy (non-hydrogen) atoms. The lowest BCUT2D eigenvalue weighted by atomic mass is 9.95. The van der Waals surface area contributed by atoms with Crippen molar-refractivity contribution in [2.75, 3.05) is 0 Å². The number of hydrogen-bond donors (Lipinski definition) is 0. The average Bonchev–Trinajstić information content (AvgIpc) is 3.75. The van der Waals surface area contributed by atoms with Gasteiger partial charge in [0.2, 0.25) is 0 Å². The van der Waals surface area contributed by atoms with Gasteiger partial charge in [0.05, 0.1) is 0 Å². The first-order valence-corrected chi connectivity index (χ1v) is 16.7. The molecule has 3 heterocycles. The first-order chi connectivity index (χ1) is 24.8. The highest BCUT2D eigenvalue weighted by Crippen LogP contribution is 2.44. The number of para-hydroxylation sites is 1. The highest BCUT2D eigenvalue weighted by molar-refractivity contribution is 6.27. The van der Waals surface area contributed by atoms with Crippen molar-refractivity contribution in [3.05, 3.63) is 152 Å². The van der Waals surface area contributed by atoms with E-state index < -0.39 is 0 Å². The molecule has 0 aliphatic carbocycles. The molecule has 0 N–H and O–H groups in total. The Labute approximate surface area is 285 Å². The summed E-state index contributed by atoms with van der Waals surface area (Å²) in [5.74, 6) is 1.76. The van der Waals surface area contributed by atoms with Gasteiger partial charge in [0.25, 0.3) is 0 Å². The molecular formula is C45H25N3O2. The van der Waals surface area contributed by atoms with Gasteiger partial charge in [-0.2, -0.15) is 0 Å². The zero-order valence-corrected chi connectivity index (χ0v) is 26.6. The fourth-order valence-corrected chi connectivity index (χ4v) is 7.59. The van der Waals surface area contributed by atoms with Crippen LogP contribution < -0.4 is 0 Å². The smallest absolute Gasteiger partial charge is 0.164 e. The summed E-state index contributed by atoms with van der Waals surface area (Å²) in [6.07, 6.45) is 0. The van der Waals surface area contributed by atoms with E-state index in [1.54, 1.807) is 0 Å². The highest BCUT2D eigenvalue weighted by atomic mass is 16.3. The van der Waals surface area contributed by atoms with E-state index in [1.165, 1.54) is 0 Å². The highest BCUT2D eigenvalue weighted by Gasteiger charge is 2.23. The number of hydrogen-bond acceptors (Lipinski definition) is 5. The zero-order valence-electron chi connectivity index (χ0n) is 26.6. The summed E-state index contributed by atoms with van der Waals surface area (Å²) in [4.78, 5) is 15.6. The van der Waals surface area contributed by atoms with E-state index in [9.17, 15) is 0 Å². The van der Waals surface area contributed by atoms with Crippen LogP contribution in [0.1, 0.15) is 0 Å². The van der Waals surface area contributed by atoms with Gasteiger partial charge in [-0.05, 0) is 57.3 Å². The lowest BCUT2D eigenvalue weighted by Crippen LogP contribution is -2.01. The predicted octanol–water partition coefficient (Wildman–Crippen LogP) is 12.1. The molecule has 232 valence electrons. The summed E-state index contributed by atoms with van der Waals surface area (Å²) < 4.78 is 13.2. The molecule has 0 unspecified atom stereocenters. The van der Waals surface area contributed by atoms with Crippen LogP contribution in [0, 0.1) is 0 Å². The number of rotatable bonds is 3. The van der Waals surface area contributed by atoms with Crippen LogP contribution in [0.3, 0.4) is 0 Å². The van der Waals surface area contributed by atoms with Crippen LogP contribution in [0.5, 0.6) is 0 Å². The van der Waals surface area contributed by atoms with Crippen LogP contribution in [0.4, 0.5) is 0 Å². The Morgan fingerprint density at radius 1 is 0.340 bits per heavy atom. The van der Waals surface area contributed by atoms with Gasteiger partial charge in [-0.15, -0.1) is 0 Å². The van der Waals surface area contributed by atoms with E-state index in [4.69, 9.17) is 23.8 Å². The third kappa shape index (κ3) is 3.98. The second-order valence-corrected chi connectivity index (χ2v) is 12.8. The fourth-order valence-electron chi connectivity index (χ4n) is 7.59. The van der Waals surface area contributed by atoms with Crippen LogP contribution in [0.15, 0.2) is 160 Å². The Bertz CT molecular complexity index is 3160. The molecule has 0 aliphatic rings. The van der Waals surface area contributed by atoms with Gasteiger partial charge in [0, 0.05) is 43.6 Å².